The van der Waals surface area contributed by atoms with Crippen molar-refractivity contribution in [3.05, 3.63) is 57.6 Å². The molecule has 0 saturated carbocycles. The smallest absolute Gasteiger partial charge is 0.130 e. The Bertz CT molecular complexity index is 645. The molecule has 0 saturated heterocycles. The summed E-state index contributed by atoms with van der Waals surface area (Å²) in [7, 11) is 0. The van der Waals surface area contributed by atoms with Crippen LogP contribution in [-0.2, 0) is 12.8 Å². The second-order valence-electron chi connectivity index (χ2n) is 5.17. The molecule has 2 aromatic rings. The van der Waals surface area contributed by atoms with E-state index in [9.17, 15) is 0 Å². The van der Waals surface area contributed by atoms with Gasteiger partial charge in [0.25, 0.3) is 0 Å². The molecule has 19 heavy (non-hydrogen) atoms. The Kier molecular flexibility index (Phi) is 3.47. The largest absolute Gasteiger partial charge is 0.347 e. The summed E-state index contributed by atoms with van der Waals surface area (Å²) < 4.78 is 0.710. The number of aryl methyl sites for hydroxylation is 2. The summed E-state index contributed by atoms with van der Waals surface area (Å²) in [6.45, 7) is 2.18. The van der Waals surface area contributed by atoms with E-state index in [1.165, 1.54) is 16.8 Å². The second kappa shape index (κ2) is 5.25. The van der Waals surface area contributed by atoms with Gasteiger partial charge in [-0.25, -0.2) is 4.98 Å². The standard InChI is InChI=1S/C16H18N2S/c1-2-5-12-10-15(19)18-16(17-12)14-9-8-11-6-3-4-7-13(11)14/h3-4,6-7,10,14H,2,5,8-9H2,1H3,(H,17,18,19). The molecular formula is C16H18N2S. The maximum Gasteiger partial charge on any atom is 0.130 e. The highest BCUT2D eigenvalue weighted by Crippen LogP contribution is 2.36. The third kappa shape index (κ3) is 2.47. The lowest BCUT2D eigenvalue weighted by Gasteiger charge is -2.12. The zero-order valence-corrected chi connectivity index (χ0v) is 12.0. The van der Waals surface area contributed by atoms with Crippen LogP contribution in [0.1, 0.15) is 48.3 Å². The number of fused-ring (bicyclic) bond motifs is 1. The Morgan fingerprint density at radius 3 is 3.05 bits per heavy atom. The fourth-order valence-corrected chi connectivity index (χ4v) is 3.18. The molecule has 1 unspecified atom stereocenters. The predicted molar refractivity (Wildman–Crippen MR) is 80.0 cm³/mol. The van der Waals surface area contributed by atoms with Gasteiger partial charge in [-0.15, -0.1) is 0 Å². The summed E-state index contributed by atoms with van der Waals surface area (Å²) >= 11 is 5.30. The van der Waals surface area contributed by atoms with Gasteiger partial charge in [-0.3, -0.25) is 0 Å². The highest BCUT2D eigenvalue weighted by Gasteiger charge is 2.25. The lowest BCUT2D eigenvalue weighted by molar-refractivity contribution is 0.711. The molecule has 0 bridgehead atoms. The van der Waals surface area contributed by atoms with Crippen molar-refractivity contribution >= 4 is 12.2 Å². The van der Waals surface area contributed by atoms with Crippen LogP contribution in [0.15, 0.2) is 30.3 Å². The number of nitrogens with zero attached hydrogens (tertiary/aromatic N) is 1. The number of benzene rings is 1. The van der Waals surface area contributed by atoms with E-state index < -0.39 is 0 Å². The van der Waals surface area contributed by atoms with Crippen molar-refractivity contribution in [2.45, 2.75) is 38.5 Å². The third-order valence-corrected chi connectivity index (χ3v) is 4.01. The Morgan fingerprint density at radius 2 is 2.21 bits per heavy atom. The number of hydrogen-bond acceptors (Lipinski definition) is 2. The molecule has 0 radical (unpaired) electrons. The quantitative estimate of drug-likeness (QED) is 0.848. The van der Waals surface area contributed by atoms with Crippen LogP contribution < -0.4 is 0 Å². The minimum Gasteiger partial charge on any atom is -0.347 e. The van der Waals surface area contributed by atoms with Crippen molar-refractivity contribution in [2.24, 2.45) is 0 Å². The summed E-state index contributed by atoms with van der Waals surface area (Å²) in [5.74, 6) is 1.43. The number of rotatable bonds is 3. The Balaban J connectivity index is 2.02. The first-order chi connectivity index (χ1) is 9.28. The number of aromatic nitrogens is 2. The molecule has 1 aromatic heterocycles. The molecule has 1 aliphatic carbocycles. The van der Waals surface area contributed by atoms with Gasteiger partial charge in [-0.05, 0) is 36.5 Å². The van der Waals surface area contributed by atoms with Crippen LogP contribution in [0.2, 0.25) is 0 Å². The fourth-order valence-electron chi connectivity index (χ4n) is 2.94. The first-order valence-electron chi connectivity index (χ1n) is 6.96. The molecule has 1 aromatic carbocycles. The molecule has 1 atom stereocenters. The van der Waals surface area contributed by atoms with E-state index in [4.69, 9.17) is 12.2 Å². The lowest BCUT2D eigenvalue weighted by atomic mass is 10.0. The summed E-state index contributed by atoms with van der Waals surface area (Å²) in [6.07, 6.45) is 4.43. The van der Waals surface area contributed by atoms with Gasteiger partial charge >= 0.3 is 0 Å². The van der Waals surface area contributed by atoms with Crippen LogP contribution in [0.4, 0.5) is 0 Å². The van der Waals surface area contributed by atoms with Crippen LogP contribution in [0.25, 0.3) is 0 Å². The van der Waals surface area contributed by atoms with Crippen molar-refractivity contribution in [1.82, 2.24) is 9.97 Å². The van der Waals surface area contributed by atoms with E-state index in [-0.39, 0.29) is 0 Å². The Labute approximate surface area is 118 Å². The highest BCUT2D eigenvalue weighted by molar-refractivity contribution is 7.71. The van der Waals surface area contributed by atoms with E-state index in [1.807, 2.05) is 6.07 Å². The zero-order chi connectivity index (χ0) is 13.2. The summed E-state index contributed by atoms with van der Waals surface area (Å²) in [5, 5.41) is 0. The molecule has 1 heterocycles. The SMILES string of the molecule is CCCc1cc(=S)nc(C2CCc3ccccc32)[nH]1. The summed E-state index contributed by atoms with van der Waals surface area (Å²) in [5.41, 5.74) is 4.07. The van der Waals surface area contributed by atoms with Gasteiger partial charge in [-0.1, -0.05) is 49.8 Å². The van der Waals surface area contributed by atoms with Gasteiger partial charge in [0.05, 0.1) is 0 Å². The second-order valence-corrected chi connectivity index (χ2v) is 5.59. The van der Waals surface area contributed by atoms with Gasteiger partial charge in [0.2, 0.25) is 0 Å². The normalized spacial score (nSPS) is 17.4. The van der Waals surface area contributed by atoms with E-state index >= 15 is 0 Å². The topological polar surface area (TPSA) is 28.7 Å². The molecule has 0 spiro atoms. The highest BCUT2D eigenvalue weighted by atomic mass is 32.1. The summed E-state index contributed by atoms with van der Waals surface area (Å²) in [6, 6.07) is 10.7. The molecule has 1 aliphatic rings. The van der Waals surface area contributed by atoms with Gasteiger partial charge in [0.15, 0.2) is 0 Å². The molecule has 1 N–H and O–H groups in total. The molecule has 0 amide bonds. The number of H-pyrrole nitrogens is 1. The number of nitrogens with one attached hydrogen (secondary N) is 1. The molecule has 3 heteroatoms. The first-order valence-corrected chi connectivity index (χ1v) is 7.36. The minimum atomic E-state index is 0.384. The van der Waals surface area contributed by atoms with Crippen LogP contribution >= 0.6 is 12.2 Å². The van der Waals surface area contributed by atoms with E-state index in [2.05, 4.69) is 41.2 Å². The average molecular weight is 270 g/mol. The van der Waals surface area contributed by atoms with E-state index in [0.29, 0.717) is 10.6 Å². The monoisotopic (exact) mass is 270 g/mol. The number of aromatic amines is 1. The molecule has 98 valence electrons. The molecule has 0 aliphatic heterocycles. The number of hydrogen-bond donors (Lipinski definition) is 1. The van der Waals surface area contributed by atoms with Crippen molar-refractivity contribution < 1.29 is 0 Å². The predicted octanol–water partition coefficient (Wildman–Crippen LogP) is 4.17. The van der Waals surface area contributed by atoms with Gasteiger partial charge < -0.3 is 4.98 Å². The summed E-state index contributed by atoms with van der Waals surface area (Å²) in [4.78, 5) is 8.05. The van der Waals surface area contributed by atoms with E-state index in [0.717, 1.165) is 31.5 Å². The zero-order valence-electron chi connectivity index (χ0n) is 11.1. The molecule has 0 fully saturated rings. The minimum absolute atomic E-state index is 0.384. The van der Waals surface area contributed by atoms with Crippen LogP contribution in [0, 0.1) is 4.64 Å². The average Bonchev–Trinajstić information content (AvgIpc) is 2.82. The molecule has 3 rings (SSSR count). The van der Waals surface area contributed by atoms with Gasteiger partial charge in [0, 0.05) is 11.6 Å². The van der Waals surface area contributed by atoms with Crippen molar-refractivity contribution in [3.63, 3.8) is 0 Å². The third-order valence-electron chi connectivity index (χ3n) is 3.80. The maximum absolute atomic E-state index is 5.30. The molecular weight excluding hydrogens is 252 g/mol. The van der Waals surface area contributed by atoms with Crippen molar-refractivity contribution in [1.29, 1.82) is 0 Å². The Hall–Kier alpha value is -1.48. The Morgan fingerprint density at radius 1 is 1.37 bits per heavy atom. The van der Waals surface area contributed by atoms with Crippen LogP contribution in [-0.4, -0.2) is 9.97 Å². The van der Waals surface area contributed by atoms with Gasteiger partial charge in [-0.2, -0.15) is 0 Å². The van der Waals surface area contributed by atoms with Crippen molar-refractivity contribution in [2.75, 3.05) is 0 Å². The maximum atomic E-state index is 5.30. The van der Waals surface area contributed by atoms with E-state index in [1.54, 1.807) is 0 Å². The fraction of sp³-hybridized carbons (Fsp3) is 0.375. The molecule has 2 nitrogen and oxygen atoms in total. The van der Waals surface area contributed by atoms with Gasteiger partial charge in [0.1, 0.15) is 10.5 Å². The lowest BCUT2D eigenvalue weighted by Crippen LogP contribution is -2.05. The van der Waals surface area contributed by atoms with Crippen LogP contribution in [0.5, 0.6) is 0 Å². The van der Waals surface area contributed by atoms with Crippen LogP contribution in [0.3, 0.4) is 0 Å². The van der Waals surface area contributed by atoms with Crippen molar-refractivity contribution in [3.8, 4) is 0 Å². The first kappa shape index (κ1) is 12.5.